The van der Waals surface area contributed by atoms with Gasteiger partial charge in [-0.25, -0.2) is 0 Å². The number of hydrogen-bond acceptors (Lipinski definition) is 4. The molecular weight excluding hydrogens is 220 g/mol. The van der Waals surface area contributed by atoms with E-state index in [4.69, 9.17) is 14.6 Å². The van der Waals surface area contributed by atoms with Crippen LogP contribution in [0.1, 0.15) is 24.2 Å². The summed E-state index contributed by atoms with van der Waals surface area (Å²) < 4.78 is 10.8. The summed E-state index contributed by atoms with van der Waals surface area (Å²) in [5.41, 5.74) is -0.161. The number of benzene rings is 1. The number of hydrogen-bond donors (Lipinski definition) is 1. The van der Waals surface area contributed by atoms with Crippen molar-refractivity contribution in [1.29, 1.82) is 0 Å². The van der Waals surface area contributed by atoms with Gasteiger partial charge in [0.2, 0.25) is 0 Å². The van der Waals surface area contributed by atoms with E-state index >= 15 is 0 Å². The first kappa shape index (κ1) is 11.5. The highest BCUT2D eigenvalue weighted by Gasteiger charge is 2.38. The fourth-order valence-electron chi connectivity index (χ4n) is 1.86. The number of aliphatic hydroxyl groups is 1. The van der Waals surface area contributed by atoms with Crippen LogP contribution >= 0.6 is 0 Å². The van der Waals surface area contributed by atoms with E-state index in [-0.39, 0.29) is 11.4 Å². The molecule has 1 aliphatic heterocycles. The monoisotopic (exact) mass is 234 g/mol. The summed E-state index contributed by atoms with van der Waals surface area (Å²) in [7, 11) is 1.55. The van der Waals surface area contributed by atoms with Crippen LogP contribution in [0.3, 0.4) is 0 Å². The lowest BCUT2D eigenvalue weighted by Gasteiger charge is -2.33. The lowest BCUT2D eigenvalue weighted by molar-refractivity contribution is 0.0843. The fourth-order valence-corrected chi connectivity index (χ4v) is 1.86. The minimum Gasteiger partial charge on any atom is -0.515 e. The molecule has 0 radical (unpaired) electrons. The van der Waals surface area contributed by atoms with Crippen molar-refractivity contribution >= 4 is 5.78 Å². The van der Waals surface area contributed by atoms with Gasteiger partial charge in [0.25, 0.3) is 0 Å². The highest BCUT2D eigenvalue weighted by molar-refractivity contribution is 6.12. The molecule has 0 saturated carbocycles. The molecule has 1 aromatic rings. The number of methoxy groups -OCH3 is 1. The standard InChI is InChI=1S/C13H14O4/c1-13(2)10(7-14)12(15)9-5-4-8(16-3)6-11(9)17-13/h4-7,14H,1-3H3. The maximum absolute atomic E-state index is 12.1. The quantitative estimate of drug-likeness (QED) is 0.599. The second kappa shape index (κ2) is 3.80. The third kappa shape index (κ3) is 1.75. The first-order valence-electron chi connectivity index (χ1n) is 5.26. The van der Waals surface area contributed by atoms with E-state index in [2.05, 4.69) is 0 Å². The van der Waals surface area contributed by atoms with E-state index in [0.29, 0.717) is 17.1 Å². The predicted molar refractivity (Wildman–Crippen MR) is 62.7 cm³/mol. The first-order valence-corrected chi connectivity index (χ1v) is 5.26. The number of Topliss-reactive ketones (excluding diaryl/α,β-unsaturated/α-hetero) is 1. The molecule has 4 nitrogen and oxygen atoms in total. The van der Waals surface area contributed by atoms with Gasteiger partial charge in [0.15, 0.2) is 5.78 Å². The molecule has 0 fully saturated rings. The Hall–Kier alpha value is -1.97. The van der Waals surface area contributed by atoms with Crippen molar-refractivity contribution in [2.75, 3.05) is 7.11 Å². The molecule has 17 heavy (non-hydrogen) atoms. The Labute approximate surface area is 99.5 Å². The summed E-state index contributed by atoms with van der Waals surface area (Å²) in [5.74, 6) is 0.884. The molecule has 0 amide bonds. The zero-order chi connectivity index (χ0) is 12.6. The summed E-state index contributed by atoms with van der Waals surface area (Å²) in [6.45, 7) is 3.46. The molecule has 1 N–H and O–H groups in total. The van der Waals surface area contributed by atoms with Crippen LogP contribution in [0.4, 0.5) is 0 Å². The van der Waals surface area contributed by atoms with Crippen molar-refractivity contribution in [3.05, 3.63) is 35.6 Å². The van der Waals surface area contributed by atoms with E-state index in [0.717, 1.165) is 6.26 Å². The zero-order valence-corrected chi connectivity index (χ0v) is 9.98. The topological polar surface area (TPSA) is 55.8 Å². The summed E-state index contributed by atoms with van der Waals surface area (Å²) in [4.78, 5) is 12.1. The van der Waals surface area contributed by atoms with Crippen LogP contribution in [0.5, 0.6) is 11.5 Å². The molecule has 1 heterocycles. The lowest BCUT2D eigenvalue weighted by Crippen LogP contribution is -2.39. The molecule has 90 valence electrons. The van der Waals surface area contributed by atoms with Gasteiger partial charge in [-0.2, -0.15) is 0 Å². The fraction of sp³-hybridized carbons (Fsp3) is 0.308. The number of carbonyl (C=O) groups excluding carboxylic acids is 1. The van der Waals surface area contributed by atoms with Gasteiger partial charge < -0.3 is 14.6 Å². The Morgan fingerprint density at radius 3 is 2.71 bits per heavy atom. The van der Waals surface area contributed by atoms with Gasteiger partial charge >= 0.3 is 0 Å². The number of ether oxygens (including phenoxy) is 2. The molecule has 1 aliphatic rings. The predicted octanol–water partition coefficient (Wildman–Crippen LogP) is 2.49. The molecule has 0 aromatic heterocycles. The van der Waals surface area contributed by atoms with Crippen LogP contribution < -0.4 is 9.47 Å². The smallest absolute Gasteiger partial charge is 0.199 e. The molecule has 2 rings (SSSR count). The van der Waals surface area contributed by atoms with Crippen LogP contribution in [-0.2, 0) is 0 Å². The van der Waals surface area contributed by atoms with Gasteiger partial charge in [-0.15, -0.1) is 0 Å². The van der Waals surface area contributed by atoms with E-state index in [1.165, 1.54) is 0 Å². The molecular formula is C13H14O4. The molecule has 0 unspecified atom stereocenters. The van der Waals surface area contributed by atoms with Crippen molar-refractivity contribution in [3.63, 3.8) is 0 Å². The highest BCUT2D eigenvalue weighted by Crippen LogP contribution is 2.38. The van der Waals surface area contributed by atoms with Gasteiger partial charge in [-0.1, -0.05) is 0 Å². The Morgan fingerprint density at radius 2 is 2.12 bits per heavy atom. The number of carbonyl (C=O) groups is 1. The van der Waals surface area contributed by atoms with Crippen molar-refractivity contribution in [3.8, 4) is 11.5 Å². The molecule has 0 spiro atoms. The molecule has 0 bridgehead atoms. The average Bonchev–Trinajstić information content (AvgIpc) is 2.27. The summed E-state index contributed by atoms with van der Waals surface area (Å²) in [6.07, 6.45) is 0.815. The molecule has 0 atom stereocenters. The van der Waals surface area contributed by atoms with Gasteiger partial charge in [0, 0.05) is 6.07 Å². The first-order chi connectivity index (χ1) is 7.99. The van der Waals surface area contributed by atoms with E-state index < -0.39 is 5.60 Å². The number of rotatable bonds is 1. The third-order valence-electron chi connectivity index (χ3n) is 2.82. The van der Waals surface area contributed by atoms with Crippen molar-refractivity contribution in [2.24, 2.45) is 0 Å². The van der Waals surface area contributed by atoms with Gasteiger partial charge in [0.05, 0.1) is 24.5 Å². The normalized spacial score (nSPS) is 19.7. The Balaban J connectivity index is 2.57. The SMILES string of the molecule is COc1ccc2c(c1)OC(C)(C)C(=CO)C2=O. The van der Waals surface area contributed by atoms with Gasteiger partial charge in [-0.05, 0) is 26.0 Å². The molecule has 0 aliphatic carbocycles. The average molecular weight is 234 g/mol. The van der Waals surface area contributed by atoms with Crippen LogP contribution in [0.15, 0.2) is 30.0 Å². The van der Waals surface area contributed by atoms with Crippen molar-refractivity contribution in [2.45, 2.75) is 19.4 Å². The maximum Gasteiger partial charge on any atom is 0.199 e. The summed E-state index contributed by atoms with van der Waals surface area (Å²) in [6, 6.07) is 4.99. The second-order valence-electron chi connectivity index (χ2n) is 4.35. The van der Waals surface area contributed by atoms with E-state index in [1.807, 2.05) is 0 Å². The van der Waals surface area contributed by atoms with Crippen molar-refractivity contribution < 1.29 is 19.4 Å². The molecule has 0 saturated heterocycles. The minimum absolute atomic E-state index is 0.221. The zero-order valence-electron chi connectivity index (χ0n) is 9.98. The van der Waals surface area contributed by atoms with E-state index in [1.54, 1.807) is 39.2 Å². The van der Waals surface area contributed by atoms with Crippen molar-refractivity contribution in [1.82, 2.24) is 0 Å². The summed E-state index contributed by atoms with van der Waals surface area (Å²) >= 11 is 0. The largest absolute Gasteiger partial charge is 0.515 e. The number of ketones is 1. The van der Waals surface area contributed by atoms with Gasteiger partial charge in [-0.3, -0.25) is 4.79 Å². The molecule has 1 aromatic carbocycles. The Kier molecular flexibility index (Phi) is 2.58. The van der Waals surface area contributed by atoms with Gasteiger partial charge in [0.1, 0.15) is 17.1 Å². The Bertz CT molecular complexity index is 500. The maximum atomic E-state index is 12.1. The second-order valence-corrected chi connectivity index (χ2v) is 4.35. The number of fused-ring (bicyclic) bond motifs is 1. The van der Waals surface area contributed by atoms with Crippen LogP contribution in [0.25, 0.3) is 0 Å². The number of aliphatic hydroxyl groups excluding tert-OH is 1. The van der Waals surface area contributed by atoms with Crippen LogP contribution in [0.2, 0.25) is 0 Å². The van der Waals surface area contributed by atoms with Crippen LogP contribution in [0, 0.1) is 0 Å². The lowest BCUT2D eigenvalue weighted by atomic mass is 9.88. The summed E-state index contributed by atoms with van der Waals surface area (Å²) in [5, 5.41) is 9.14. The third-order valence-corrected chi connectivity index (χ3v) is 2.82. The molecule has 4 heteroatoms. The minimum atomic E-state index is -0.842. The van der Waals surface area contributed by atoms with E-state index in [9.17, 15) is 4.79 Å². The highest BCUT2D eigenvalue weighted by atomic mass is 16.5. The Morgan fingerprint density at radius 1 is 1.41 bits per heavy atom. The van der Waals surface area contributed by atoms with Crippen LogP contribution in [-0.4, -0.2) is 23.6 Å².